The average molecular weight is 297 g/mol. The van der Waals surface area contributed by atoms with Gasteiger partial charge in [0.15, 0.2) is 0 Å². The van der Waals surface area contributed by atoms with E-state index in [4.69, 9.17) is 4.74 Å². The first kappa shape index (κ1) is 14.6. The highest BCUT2D eigenvalue weighted by Crippen LogP contribution is 2.25. The first-order chi connectivity index (χ1) is 10.7. The van der Waals surface area contributed by atoms with E-state index in [9.17, 15) is 9.90 Å². The van der Waals surface area contributed by atoms with Gasteiger partial charge in [-0.1, -0.05) is 30.3 Å². The molecule has 4 nitrogen and oxygen atoms in total. The van der Waals surface area contributed by atoms with Gasteiger partial charge < -0.3 is 9.84 Å². The van der Waals surface area contributed by atoms with Crippen LogP contribution in [0, 0.1) is 0 Å². The highest BCUT2D eigenvalue weighted by atomic mass is 16.5. The van der Waals surface area contributed by atoms with Crippen molar-refractivity contribution in [2.45, 2.75) is 25.4 Å². The third-order valence-electron chi connectivity index (χ3n) is 3.91. The number of carboxylic acids is 1. The number of carboxylic acid groups (broad SMARTS) is 1. The maximum Gasteiger partial charge on any atom is 0.320 e. The number of hydrogen-bond acceptors (Lipinski definition) is 3. The van der Waals surface area contributed by atoms with Gasteiger partial charge in [-0.25, -0.2) is 0 Å². The normalized spacial score (nSPS) is 18.3. The van der Waals surface area contributed by atoms with E-state index < -0.39 is 5.97 Å². The van der Waals surface area contributed by atoms with Crippen molar-refractivity contribution in [2.75, 3.05) is 6.54 Å². The topological polar surface area (TPSA) is 49.8 Å². The Kier molecular flexibility index (Phi) is 4.39. The molecule has 3 rings (SSSR count). The molecule has 114 valence electrons. The van der Waals surface area contributed by atoms with E-state index in [1.165, 1.54) is 0 Å². The number of para-hydroxylation sites is 1. The second-order valence-electron chi connectivity index (χ2n) is 5.53. The van der Waals surface area contributed by atoms with Gasteiger partial charge >= 0.3 is 5.97 Å². The zero-order chi connectivity index (χ0) is 15.4. The van der Waals surface area contributed by atoms with Gasteiger partial charge in [0.2, 0.25) is 0 Å². The molecule has 0 amide bonds. The Morgan fingerprint density at radius 3 is 2.68 bits per heavy atom. The number of benzene rings is 2. The highest BCUT2D eigenvalue weighted by molar-refractivity contribution is 5.73. The number of carbonyl (C=O) groups is 1. The predicted molar refractivity (Wildman–Crippen MR) is 84.0 cm³/mol. The zero-order valence-corrected chi connectivity index (χ0v) is 12.3. The van der Waals surface area contributed by atoms with Crippen molar-refractivity contribution in [3.05, 3.63) is 60.2 Å². The minimum Gasteiger partial charge on any atom is -0.480 e. The summed E-state index contributed by atoms with van der Waals surface area (Å²) in [5.41, 5.74) is 1.07. The lowest BCUT2D eigenvalue weighted by Crippen LogP contribution is -2.35. The van der Waals surface area contributed by atoms with Crippen LogP contribution in [-0.4, -0.2) is 28.6 Å². The molecule has 4 heteroatoms. The van der Waals surface area contributed by atoms with Gasteiger partial charge in [-0.2, -0.15) is 0 Å². The lowest BCUT2D eigenvalue weighted by atomic mass is 10.1. The molecule has 1 aliphatic rings. The van der Waals surface area contributed by atoms with Gasteiger partial charge in [0, 0.05) is 6.54 Å². The van der Waals surface area contributed by atoms with Crippen molar-refractivity contribution >= 4 is 5.97 Å². The molecule has 0 bridgehead atoms. The summed E-state index contributed by atoms with van der Waals surface area (Å²) in [5, 5.41) is 9.24. The quantitative estimate of drug-likeness (QED) is 0.917. The van der Waals surface area contributed by atoms with Crippen molar-refractivity contribution in [3.63, 3.8) is 0 Å². The van der Waals surface area contributed by atoms with E-state index in [2.05, 4.69) is 0 Å². The first-order valence-electron chi connectivity index (χ1n) is 7.51. The van der Waals surface area contributed by atoms with E-state index in [1.54, 1.807) is 0 Å². The summed E-state index contributed by atoms with van der Waals surface area (Å²) in [6.07, 6.45) is 1.67. The van der Waals surface area contributed by atoms with E-state index in [0.29, 0.717) is 6.54 Å². The monoisotopic (exact) mass is 297 g/mol. The van der Waals surface area contributed by atoms with Crippen LogP contribution in [0.3, 0.4) is 0 Å². The fourth-order valence-electron chi connectivity index (χ4n) is 2.86. The molecule has 0 saturated carbocycles. The van der Waals surface area contributed by atoms with Gasteiger partial charge in [-0.15, -0.1) is 0 Å². The largest absolute Gasteiger partial charge is 0.480 e. The number of rotatable bonds is 5. The molecule has 0 radical (unpaired) electrons. The summed E-state index contributed by atoms with van der Waals surface area (Å²) < 4.78 is 5.82. The minimum absolute atomic E-state index is 0.362. The molecule has 1 heterocycles. The Hall–Kier alpha value is -2.33. The van der Waals surface area contributed by atoms with Crippen LogP contribution in [0.1, 0.15) is 18.4 Å². The first-order valence-corrected chi connectivity index (χ1v) is 7.51. The van der Waals surface area contributed by atoms with Crippen LogP contribution in [0.4, 0.5) is 0 Å². The van der Waals surface area contributed by atoms with E-state index in [-0.39, 0.29) is 6.04 Å². The van der Waals surface area contributed by atoms with Crippen LogP contribution in [0.5, 0.6) is 11.5 Å². The van der Waals surface area contributed by atoms with Crippen LogP contribution < -0.4 is 4.74 Å². The van der Waals surface area contributed by atoms with Crippen LogP contribution in [0.25, 0.3) is 0 Å². The summed E-state index contributed by atoms with van der Waals surface area (Å²) in [6, 6.07) is 17.1. The molecule has 2 aromatic rings. The van der Waals surface area contributed by atoms with Crippen molar-refractivity contribution < 1.29 is 14.6 Å². The molecule has 0 aliphatic carbocycles. The van der Waals surface area contributed by atoms with Crippen LogP contribution >= 0.6 is 0 Å². The number of nitrogens with zero attached hydrogens (tertiary/aromatic N) is 1. The maximum atomic E-state index is 11.2. The number of likely N-dealkylation sites (tertiary alicyclic amines) is 1. The van der Waals surface area contributed by atoms with E-state index in [0.717, 1.165) is 36.4 Å². The van der Waals surface area contributed by atoms with Crippen molar-refractivity contribution in [1.82, 2.24) is 4.90 Å². The summed E-state index contributed by atoms with van der Waals surface area (Å²) in [7, 11) is 0. The second kappa shape index (κ2) is 6.62. The smallest absolute Gasteiger partial charge is 0.320 e. The molecule has 1 fully saturated rings. The standard InChI is InChI=1S/C18H19NO3/c20-18(21)17-10-5-11-19(17)13-14-6-4-9-16(12-14)22-15-7-2-1-3-8-15/h1-4,6-9,12,17H,5,10-11,13H2,(H,20,21)/t17-/m0/s1. The molecular weight excluding hydrogens is 278 g/mol. The molecule has 1 saturated heterocycles. The van der Waals surface area contributed by atoms with Crippen LogP contribution in [-0.2, 0) is 11.3 Å². The molecule has 0 aromatic heterocycles. The van der Waals surface area contributed by atoms with Crippen LogP contribution in [0.2, 0.25) is 0 Å². The fraction of sp³-hybridized carbons (Fsp3) is 0.278. The second-order valence-corrected chi connectivity index (χ2v) is 5.53. The molecule has 0 spiro atoms. The maximum absolute atomic E-state index is 11.2. The number of ether oxygens (including phenoxy) is 1. The lowest BCUT2D eigenvalue weighted by Gasteiger charge is -2.21. The minimum atomic E-state index is -0.728. The summed E-state index contributed by atoms with van der Waals surface area (Å²) in [5.74, 6) is 0.841. The molecule has 1 N–H and O–H groups in total. The van der Waals surface area contributed by atoms with E-state index in [1.807, 2.05) is 59.5 Å². The average Bonchev–Trinajstić information content (AvgIpc) is 2.97. The van der Waals surface area contributed by atoms with Crippen molar-refractivity contribution in [1.29, 1.82) is 0 Å². The van der Waals surface area contributed by atoms with Gasteiger partial charge in [-0.3, -0.25) is 9.69 Å². The Labute approximate surface area is 130 Å². The molecule has 0 unspecified atom stereocenters. The van der Waals surface area contributed by atoms with Crippen LogP contribution in [0.15, 0.2) is 54.6 Å². The Bertz CT molecular complexity index is 642. The lowest BCUT2D eigenvalue weighted by molar-refractivity contribution is -0.142. The van der Waals surface area contributed by atoms with Crippen molar-refractivity contribution in [3.8, 4) is 11.5 Å². The number of aliphatic carboxylic acids is 1. The number of hydrogen-bond donors (Lipinski definition) is 1. The summed E-state index contributed by atoms with van der Waals surface area (Å²) in [6.45, 7) is 1.48. The SMILES string of the molecule is O=C(O)[C@@H]1CCCN1Cc1cccc(Oc2ccccc2)c1. The molecule has 1 aliphatic heterocycles. The van der Waals surface area contributed by atoms with Gasteiger partial charge in [0.25, 0.3) is 0 Å². The third-order valence-corrected chi connectivity index (χ3v) is 3.91. The molecular formula is C18H19NO3. The van der Waals surface area contributed by atoms with Crippen molar-refractivity contribution in [2.24, 2.45) is 0 Å². The molecule has 1 atom stereocenters. The highest BCUT2D eigenvalue weighted by Gasteiger charge is 2.30. The Morgan fingerprint density at radius 1 is 1.14 bits per heavy atom. The zero-order valence-electron chi connectivity index (χ0n) is 12.3. The fourth-order valence-corrected chi connectivity index (χ4v) is 2.86. The van der Waals surface area contributed by atoms with E-state index >= 15 is 0 Å². The van der Waals surface area contributed by atoms with Gasteiger partial charge in [-0.05, 0) is 49.2 Å². The summed E-state index contributed by atoms with van der Waals surface area (Å²) >= 11 is 0. The molecule has 22 heavy (non-hydrogen) atoms. The predicted octanol–water partition coefficient (Wildman–Crippen LogP) is 3.53. The Balaban J connectivity index is 1.70. The molecule has 2 aromatic carbocycles. The third kappa shape index (κ3) is 3.46. The Morgan fingerprint density at radius 2 is 1.91 bits per heavy atom. The van der Waals surface area contributed by atoms with Gasteiger partial charge in [0.1, 0.15) is 17.5 Å². The van der Waals surface area contributed by atoms with Gasteiger partial charge in [0.05, 0.1) is 0 Å². The summed E-state index contributed by atoms with van der Waals surface area (Å²) in [4.78, 5) is 13.3.